The predicted molar refractivity (Wildman–Crippen MR) is 69.9 cm³/mol. The van der Waals surface area contributed by atoms with Crippen molar-refractivity contribution in [2.24, 2.45) is 5.73 Å². The molecule has 0 fully saturated rings. The van der Waals surface area contributed by atoms with Gasteiger partial charge in [-0.3, -0.25) is 4.79 Å². The summed E-state index contributed by atoms with van der Waals surface area (Å²) in [6.45, 7) is 2.49. The quantitative estimate of drug-likeness (QED) is 0.711. The second-order valence-corrected chi connectivity index (χ2v) is 4.04. The molecule has 1 amide bonds. The summed E-state index contributed by atoms with van der Waals surface area (Å²) in [6, 6.07) is 4.58. The summed E-state index contributed by atoms with van der Waals surface area (Å²) in [5, 5.41) is 12.5. The van der Waals surface area contributed by atoms with E-state index in [0.29, 0.717) is 18.7 Å². The van der Waals surface area contributed by atoms with E-state index in [-0.39, 0.29) is 23.3 Å². The number of benzene rings is 1. The molecule has 4 N–H and O–H groups in total. The van der Waals surface area contributed by atoms with Crippen LogP contribution in [0.15, 0.2) is 18.2 Å². The first kappa shape index (κ1) is 14.3. The van der Waals surface area contributed by atoms with Crippen molar-refractivity contribution in [1.82, 2.24) is 5.32 Å². The van der Waals surface area contributed by atoms with Crippen molar-refractivity contribution in [2.75, 3.05) is 13.7 Å². The lowest BCUT2D eigenvalue weighted by Gasteiger charge is -2.16. The smallest absolute Gasteiger partial charge is 0.255 e. The van der Waals surface area contributed by atoms with Crippen LogP contribution in [0.3, 0.4) is 0 Å². The predicted octanol–water partition coefficient (Wildman–Crippen LogP) is 1.26. The first-order chi connectivity index (χ1) is 8.62. The molecular formula is C13H20N2O3. The van der Waals surface area contributed by atoms with Gasteiger partial charge >= 0.3 is 0 Å². The van der Waals surface area contributed by atoms with Crippen LogP contribution in [0.2, 0.25) is 0 Å². The molecule has 0 radical (unpaired) electrons. The number of phenols is 1. The Morgan fingerprint density at radius 3 is 2.83 bits per heavy atom. The van der Waals surface area contributed by atoms with E-state index in [1.807, 2.05) is 6.92 Å². The van der Waals surface area contributed by atoms with Crippen molar-refractivity contribution < 1.29 is 14.6 Å². The van der Waals surface area contributed by atoms with E-state index in [4.69, 9.17) is 10.5 Å². The summed E-state index contributed by atoms with van der Waals surface area (Å²) < 4.78 is 5.03. The van der Waals surface area contributed by atoms with E-state index >= 15 is 0 Å². The van der Waals surface area contributed by atoms with Crippen LogP contribution < -0.4 is 15.8 Å². The summed E-state index contributed by atoms with van der Waals surface area (Å²) >= 11 is 0. The van der Waals surface area contributed by atoms with E-state index in [9.17, 15) is 9.90 Å². The van der Waals surface area contributed by atoms with Crippen LogP contribution in [-0.4, -0.2) is 30.7 Å². The van der Waals surface area contributed by atoms with Gasteiger partial charge < -0.3 is 20.9 Å². The zero-order chi connectivity index (χ0) is 13.5. The Morgan fingerprint density at radius 1 is 1.56 bits per heavy atom. The maximum Gasteiger partial charge on any atom is 0.255 e. The van der Waals surface area contributed by atoms with Gasteiger partial charge in [-0.2, -0.15) is 0 Å². The summed E-state index contributed by atoms with van der Waals surface area (Å²) in [7, 11) is 1.51. The van der Waals surface area contributed by atoms with Crippen molar-refractivity contribution in [3.63, 3.8) is 0 Å². The molecule has 1 unspecified atom stereocenters. The second kappa shape index (κ2) is 6.86. The summed E-state index contributed by atoms with van der Waals surface area (Å²) in [4.78, 5) is 12.0. The molecule has 1 rings (SSSR count). The maximum absolute atomic E-state index is 12.0. The molecular weight excluding hydrogens is 232 g/mol. The summed E-state index contributed by atoms with van der Waals surface area (Å²) in [6.07, 6.45) is 1.51. The third-order valence-electron chi connectivity index (χ3n) is 2.79. The molecule has 0 aliphatic rings. The molecule has 0 aromatic heterocycles. The second-order valence-electron chi connectivity index (χ2n) is 4.04. The Bertz CT molecular complexity index is 407. The zero-order valence-corrected chi connectivity index (χ0v) is 10.8. The molecule has 1 aromatic rings. The van der Waals surface area contributed by atoms with Crippen LogP contribution in [-0.2, 0) is 0 Å². The number of hydrogen-bond donors (Lipinski definition) is 3. The number of phenolic OH excluding ortho intramolecular Hbond substituents is 1. The number of carbonyl (C=O) groups is 1. The van der Waals surface area contributed by atoms with Crippen LogP contribution in [0.5, 0.6) is 11.5 Å². The first-order valence-corrected chi connectivity index (χ1v) is 6.00. The van der Waals surface area contributed by atoms with Crippen molar-refractivity contribution in [2.45, 2.75) is 25.8 Å². The van der Waals surface area contributed by atoms with Gasteiger partial charge in [-0.15, -0.1) is 0 Å². The van der Waals surface area contributed by atoms with Gasteiger partial charge in [0.2, 0.25) is 0 Å². The lowest BCUT2D eigenvalue weighted by atomic mass is 10.1. The van der Waals surface area contributed by atoms with E-state index in [2.05, 4.69) is 5.32 Å². The number of methoxy groups -OCH3 is 1. The first-order valence-electron chi connectivity index (χ1n) is 6.00. The van der Waals surface area contributed by atoms with Crippen molar-refractivity contribution in [1.29, 1.82) is 0 Å². The largest absolute Gasteiger partial charge is 0.507 e. The molecule has 1 aromatic carbocycles. The van der Waals surface area contributed by atoms with Gasteiger partial charge in [-0.05, 0) is 37.6 Å². The molecule has 5 nitrogen and oxygen atoms in total. The van der Waals surface area contributed by atoms with Gasteiger partial charge in [0.05, 0.1) is 12.7 Å². The highest BCUT2D eigenvalue weighted by molar-refractivity contribution is 5.97. The maximum atomic E-state index is 12.0. The fourth-order valence-corrected chi connectivity index (χ4v) is 1.67. The third kappa shape index (κ3) is 3.63. The van der Waals surface area contributed by atoms with E-state index in [1.54, 1.807) is 6.07 Å². The molecule has 0 aliphatic carbocycles. The highest BCUT2D eigenvalue weighted by Gasteiger charge is 2.15. The molecule has 0 bridgehead atoms. The number of nitrogens with two attached hydrogens (primary N) is 1. The lowest BCUT2D eigenvalue weighted by Crippen LogP contribution is -2.35. The van der Waals surface area contributed by atoms with Gasteiger partial charge in [0, 0.05) is 6.04 Å². The van der Waals surface area contributed by atoms with Crippen LogP contribution in [0, 0.1) is 0 Å². The Balaban J connectivity index is 2.82. The SMILES string of the molecule is CCC(CCN)NC(=O)c1cc(OC)ccc1O. The number of rotatable bonds is 6. The Morgan fingerprint density at radius 2 is 2.28 bits per heavy atom. The molecule has 0 spiro atoms. The topological polar surface area (TPSA) is 84.6 Å². The van der Waals surface area contributed by atoms with Crippen LogP contribution in [0.1, 0.15) is 30.1 Å². The van der Waals surface area contributed by atoms with Crippen molar-refractivity contribution in [3.05, 3.63) is 23.8 Å². The molecule has 100 valence electrons. The number of hydrogen-bond acceptors (Lipinski definition) is 4. The minimum atomic E-state index is -0.313. The zero-order valence-electron chi connectivity index (χ0n) is 10.8. The van der Waals surface area contributed by atoms with Crippen molar-refractivity contribution in [3.8, 4) is 11.5 Å². The Labute approximate surface area is 107 Å². The minimum absolute atomic E-state index is 0.0214. The molecule has 5 heteroatoms. The number of aromatic hydroxyl groups is 1. The van der Waals surface area contributed by atoms with Gasteiger partial charge in [0.25, 0.3) is 5.91 Å². The van der Waals surface area contributed by atoms with Gasteiger partial charge in [-0.1, -0.05) is 6.92 Å². The molecule has 1 atom stereocenters. The lowest BCUT2D eigenvalue weighted by molar-refractivity contribution is 0.0931. The minimum Gasteiger partial charge on any atom is -0.507 e. The fraction of sp³-hybridized carbons (Fsp3) is 0.462. The Kier molecular flexibility index (Phi) is 5.45. The normalized spacial score (nSPS) is 11.9. The summed E-state index contributed by atoms with van der Waals surface area (Å²) in [5.74, 6) is 0.160. The number of nitrogens with one attached hydrogen (secondary N) is 1. The highest BCUT2D eigenvalue weighted by Crippen LogP contribution is 2.22. The number of carbonyl (C=O) groups excluding carboxylic acids is 1. The van der Waals surface area contributed by atoms with Gasteiger partial charge in [-0.25, -0.2) is 0 Å². The van der Waals surface area contributed by atoms with Gasteiger partial charge in [0.1, 0.15) is 11.5 Å². The van der Waals surface area contributed by atoms with Crippen molar-refractivity contribution >= 4 is 5.91 Å². The van der Waals surface area contributed by atoms with E-state index in [0.717, 1.165) is 6.42 Å². The average molecular weight is 252 g/mol. The van der Waals surface area contributed by atoms with Gasteiger partial charge in [0.15, 0.2) is 0 Å². The van der Waals surface area contributed by atoms with E-state index in [1.165, 1.54) is 19.2 Å². The monoisotopic (exact) mass is 252 g/mol. The molecule has 0 saturated carbocycles. The standard InChI is InChI=1S/C13H20N2O3/c1-3-9(6-7-14)15-13(17)11-8-10(18-2)4-5-12(11)16/h4-5,8-9,16H,3,6-7,14H2,1-2H3,(H,15,17). The highest BCUT2D eigenvalue weighted by atomic mass is 16.5. The van der Waals surface area contributed by atoms with Crippen LogP contribution in [0.25, 0.3) is 0 Å². The number of ether oxygens (including phenoxy) is 1. The molecule has 0 saturated heterocycles. The molecule has 0 aliphatic heterocycles. The third-order valence-corrected chi connectivity index (χ3v) is 2.79. The average Bonchev–Trinajstić information content (AvgIpc) is 2.38. The van der Waals surface area contributed by atoms with E-state index < -0.39 is 0 Å². The van der Waals surface area contributed by atoms with Crippen LogP contribution in [0.4, 0.5) is 0 Å². The number of amides is 1. The molecule has 0 heterocycles. The fourth-order valence-electron chi connectivity index (χ4n) is 1.67. The molecule has 18 heavy (non-hydrogen) atoms. The Hall–Kier alpha value is -1.75. The summed E-state index contributed by atoms with van der Waals surface area (Å²) in [5.41, 5.74) is 5.69. The van der Waals surface area contributed by atoms with Crippen LogP contribution >= 0.6 is 0 Å².